The lowest BCUT2D eigenvalue weighted by Gasteiger charge is -2.53. The zero-order chi connectivity index (χ0) is 33.8. The Hall–Kier alpha value is -4.43. The van der Waals surface area contributed by atoms with E-state index in [4.69, 9.17) is 0 Å². The van der Waals surface area contributed by atoms with Crippen molar-refractivity contribution in [2.24, 2.45) is 4.99 Å². The molecule has 1 unspecified atom stereocenters. The summed E-state index contributed by atoms with van der Waals surface area (Å²) in [4.78, 5) is 34.3. The van der Waals surface area contributed by atoms with Gasteiger partial charge in [-0.1, -0.05) is 0 Å². The maximum absolute atomic E-state index is 13.8. The summed E-state index contributed by atoms with van der Waals surface area (Å²) in [5.41, 5.74) is 2.11. The number of nitrogens with one attached hydrogen (secondary N) is 2. The highest BCUT2D eigenvalue weighted by Crippen LogP contribution is 2.38. The lowest BCUT2D eigenvalue weighted by atomic mass is 9.83. The third kappa shape index (κ3) is 5.91. The molecule has 12 nitrogen and oxygen atoms in total. The molecule has 0 aliphatic carbocycles. The minimum absolute atomic E-state index is 0.0445. The minimum atomic E-state index is -4.84. The van der Waals surface area contributed by atoms with Crippen molar-refractivity contribution in [3.63, 3.8) is 0 Å². The van der Waals surface area contributed by atoms with E-state index in [9.17, 15) is 32.0 Å². The van der Waals surface area contributed by atoms with Gasteiger partial charge in [-0.3, -0.25) is 19.3 Å². The van der Waals surface area contributed by atoms with Crippen LogP contribution in [0, 0.1) is 11.3 Å². The predicted molar refractivity (Wildman–Crippen MR) is 164 cm³/mol. The number of aliphatic imine (C=N–C) groups is 1. The zero-order valence-corrected chi connectivity index (χ0v) is 26.1. The summed E-state index contributed by atoms with van der Waals surface area (Å²) >= 11 is 0. The molecule has 0 spiro atoms. The zero-order valence-electron chi connectivity index (χ0n) is 26.1. The lowest BCUT2D eigenvalue weighted by Crippen LogP contribution is -2.66. The Morgan fingerprint density at radius 2 is 1.92 bits per heavy atom. The van der Waals surface area contributed by atoms with E-state index in [-0.39, 0.29) is 37.7 Å². The number of nitriles is 1. The van der Waals surface area contributed by atoms with Crippen LogP contribution in [0.4, 0.5) is 22.0 Å². The first-order chi connectivity index (χ1) is 22.9. The van der Waals surface area contributed by atoms with Crippen molar-refractivity contribution >= 4 is 22.8 Å². The van der Waals surface area contributed by atoms with E-state index in [0.29, 0.717) is 50.2 Å². The summed E-state index contributed by atoms with van der Waals surface area (Å²) in [6.45, 7) is 2.69. The fourth-order valence-electron chi connectivity index (χ4n) is 7.26. The Bertz CT molecular complexity index is 1810. The van der Waals surface area contributed by atoms with Gasteiger partial charge in [0.25, 0.3) is 11.8 Å². The molecule has 3 fully saturated rings. The summed E-state index contributed by atoms with van der Waals surface area (Å²) in [5, 5.41) is 17.4. The molecule has 3 aromatic heterocycles. The van der Waals surface area contributed by atoms with E-state index in [1.165, 1.54) is 18.2 Å². The molecule has 3 aromatic rings. The number of amidine groups is 1. The van der Waals surface area contributed by atoms with E-state index < -0.39 is 42.0 Å². The van der Waals surface area contributed by atoms with Gasteiger partial charge in [0.05, 0.1) is 30.9 Å². The molecule has 0 radical (unpaired) electrons. The largest absolute Gasteiger partial charge is 0.449 e. The van der Waals surface area contributed by atoms with Crippen molar-refractivity contribution in [2.45, 2.75) is 62.3 Å². The van der Waals surface area contributed by atoms with Crippen molar-refractivity contribution in [3.05, 3.63) is 42.3 Å². The number of piperidine rings is 1. The first-order valence-electron chi connectivity index (χ1n) is 15.8. The van der Waals surface area contributed by atoms with Crippen LogP contribution in [0.5, 0.6) is 0 Å². The first kappa shape index (κ1) is 32.1. The van der Waals surface area contributed by atoms with Crippen LogP contribution in [-0.2, 0) is 10.3 Å². The van der Waals surface area contributed by atoms with Gasteiger partial charge in [-0.05, 0) is 31.4 Å². The van der Waals surface area contributed by atoms with Gasteiger partial charge < -0.3 is 15.2 Å². The number of halogens is 5. The quantitative estimate of drug-likeness (QED) is 0.366. The summed E-state index contributed by atoms with van der Waals surface area (Å²) in [6, 6.07) is 2.93. The molecule has 0 bridgehead atoms. The van der Waals surface area contributed by atoms with Gasteiger partial charge >= 0.3 is 6.18 Å². The monoisotopic (exact) mass is 671 g/mol. The van der Waals surface area contributed by atoms with E-state index >= 15 is 0 Å². The Balaban J connectivity index is 1.00. The average molecular weight is 672 g/mol. The number of fused-ring (bicyclic) bond motifs is 1. The van der Waals surface area contributed by atoms with Crippen LogP contribution in [0.1, 0.15) is 32.6 Å². The SMILES string of the molecule is CC1=C(CN2CCC(F)(F)C2)NC(C(F)(F)F)=NC1C(=O)N1CCC(N2CC(CC#N)(n3cc(-c4ncnc5[nH]ccc45)cn3)C2)CC1. The molecule has 1 atom stereocenters. The van der Waals surface area contributed by atoms with Crippen LogP contribution in [0.15, 0.2) is 47.2 Å². The van der Waals surface area contributed by atoms with Crippen LogP contribution in [0.2, 0.25) is 0 Å². The van der Waals surface area contributed by atoms with E-state index in [2.05, 4.69) is 41.3 Å². The Morgan fingerprint density at radius 1 is 1.15 bits per heavy atom. The number of carbonyl (C=O) groups excluding carboxylic acids is 1. The number of hydrogen-bond acceptors (Lipinski definition) is 9. The van der Waals surface area contributed by atoms with E-state index in [1.807, 2.05) is 16.9 Å². The molecule has 3 saturated heterocycles. The minimum Gasteiger partial charge on any atom is -0.346 e. The molecular formula is C31H34F5N11O. The third-order valence-corrected chi connectivity index (χ3v) is 9.94. The van der Waals surface area contributed by atoms with Gasteiger partial charge in [0.1, 0.15) is 17.5 Å². The highest BCUT2D eigenvalue weighted by molar-refractivity contribution is 5.96. The second kappa shape index (κ2) is 11.9. The number of aromatic amines is 1. The fourth-order valence-corrected chi connectivity index (χ4v) is 7.26. The Labute approximate surface area is 272 Å². The van der Waals surface area contributed by atoms with Gasteiger partial charge in [-0.15, -0.1) is 0 Å². The van der Waals surface area contributed by atoms with Crippen LogP contribution >= 0.6 is 0 Å². The molecule has 254 valence electrons. The van der Waals surface area contributed by atoms with Crippen LogP contribution < -0.4 is 5.32 Å². The number of rotatable bonds is 7. The van der Waals surface area contributed by atoms with E-state index in [0.717, 1.165) is 16.6 Å². The number of H-pyrrole nitrogens is 1. The van der Waals surface area contributed by atoms with Crippen molar-refractivity contribution in [1.29, 1.82) is 5.26 Å². The summed E-state index contributed by atoms with van der Waals surface area (Å²) in [6.07, 6.45) is 3.17. The molecular weight excluding hydrogens is 637 g/mol. The number of nitrogens with zero attached hydrogens (tertiary/aromatic N) is 9. The molecule has 48 heavy (non-hydrogen) atoms. The molecule has 2 N–H and O–H groups in total. The van der Waals surface area contributed by atoms with Crippen LogP contribution in [0.3, 0.4) is 0 Å². The molecule has 4 aliphatic rings. The Morgan fingerprint density at radius 3 is 2.60 bits per heavy atom. The highest BCUT2D eigenvalue weighted by Gasteiger charge is 2.49. The fraction of sp³-hybridized carbons (Fsp3) is 0.548. The predicted octanol–water partition coefficient (Wildman–Crippen LogP) is 3.28. The molecule has 0 saturated carbocycles. The van der Waals surface area contributed by atoms with Gasteiger partial charge in [-0.2, -0.15) is 23.5 Å². The van der Waals surface area contributed by atoms with Gasteiger partial charge in [0.15, 0.2) is 6.04 Å². The second-order valence-electron chi connectivity index (χ2n) is 13.1. The molecule has 17 heteroatoms. The third-order valence-electron chi connectivity index (χ3n) is 9.94. The van der Waals surface area contributed by atoms with Crippen molar-refractivity contribution in [1.82, 2.24) is 44.7 Å². The van der Waals surface area contributed by atoms with Crippen molar-refractivity contribution < 1.29 is 26.7 Å². The lowest BCUT2D eigenvalue weighted by molar-refractivity contribution is -0.134. The smallest absolute Gasteiger partial charge is 0.346 e. The molecule has 7 rings (SSSR count). The summed E-state index contributed by atoms with van der Waals surface area (Å²) in [5.74, 6) is -4.73. The molecule has 0 aromatic carbocycles. The number of amides is 1. The van der Waals surface area contributed by atoms with Crippen molar-refractivity contribution in [3.8, 4) is 17.3 Å². The number of aromatic nitrogens is 5. The average Bonchev–Trinajstić information content (AvgIpc) is 3.79. The van der Waals surface area contributed by atoms with Gasteiger partial charge in [0.2, 0.25) is 5.84 Å². The number of hydrogen-bond donors (Lipinski definition) is 2. The number of alkyl halides is 5. The second-order valence-corrected chi connectivity index (χ2v) is 13.1. The van der Waals surface area contributed by atoms with Gasteiger partial charge in [-0.25, -0.2) is 23.7 Å². The standard InChI is InChI=1S/C31H34F5N11O/c1-19-23(14-44-11-6-30(32,33)17-44)42-28(31(34,35)36)43-24(19)27(48)45-9-3-21(4-10-45)46-15-29(16-46,5-7-37)47-13-20(12-41-47)25-22-2-8-38-26(22)40-18-39-25/h2,8,12-13,18,21,24H,3-6,9-11,14-17H2,1H3,(H,42,43)(H,38,39,40). The molecule has 1 amide bonds. The van der Waals surface area contributed by atoms with Crippen molar-refractivity contribution in [2.75, 3.05) is 45.8 Å². The van der Waals surface area contributed by atoms with Crippen LogP contribution in [0.25, 0.3) is 22.3 Å². The topological polar surface area (TPSA) is 134 Å². The normalized spacial score (nSPS) is 23.6. The van der Waals surface area contributed by atoms with Gasteiger partial charge in [0, 0.05) is 80.8 Å². The number of likely N-dealkylation sites (tertiary alicyclic amines) is 3. The molecule has 7 heterocycles. The highest BCUT2D eigenvalue weighted by atomic mass is 19.4. The van der Waals surface area contributed by atoms with Crippen LogP contribution in [-0.4, -0.2) is 121 Å². The maximum atomic E-state index is 13.8. The number of carbonyl (C=O) groups is 1. The summed E-state index contributed by atoms with van der Waals surface area (Å²) in [7, 11) is 0. The first-order valence-corrected chi connectivity index (χ1v) is 15.8. The molecule has 4 aliphatic heterocycles. The Kier molecular flexibility index (Phi) is 7.98. The maximum Gasteiger partial charge on any atom is 0.449 e. The summed E-state index contributed by atoms with van der Waals surface area (Å²) < 4.78 is 70.8. The van der Waals surface area contributed by atoms with E-state index in [1.54, 1.807) is 17.3 Å².